The number of aromatic nitrogens is 1. The molecule has 0 unspecified atom stereocenters. The van der Waals surface area contributed by atoms with Gasteiger partial charge in [0.1, 0.15) is 0 Å². The molecule has 122 valence electrons. The van der Waals surface area contributed by atoms with E-state index in [4.69, 9.17) is 4.74 Å². The molecule has 0 spiro atoms. The molecule has 0 saturated carbocycles. The number of ether oxygens (including phenoxy) is 1. The van der Waals surface area contributed by atoms with Crippen LogP contribution in [0.3, 0.4) is 0 Å². The lowest BCUT2D eigenvalue weighted by molar-refractivity contribution is 0.0771. The van der Waals surface area contributed by atoms with Gasteiger partial charge in [0, 0.05) is 38.6 Å². The first-order chi connectivity index (χ1) is 10.7. The van der Waals surface area contributed by atoms with E-state index >= 15 is 0 Å². The van der Waals surface area contributed by atoms with Crippen molar-refractivity contribution in [3.63, 3.8) is 0 Å². The summed E-state index contributed by atoms with van der Waals surface area (Å²) >= 11 is 0. The number of amides is 2. The molecule has 2 heterocycles. The molecule has 5 nitrogen and oxygen atoms in total. The van der Waals surface area contributed by atoms with Crippen LogP contribution in [0.5, 0.6) is 0 Å². The van der Waals surface area contributed by atoms with Gasteiger partial charge in [-0.15, -0.1) is 0 Å². The smallest absolute Gasteiger partial charge is 0.317 e. The first-order valence-electron chi connectivity index (χ1n) is 8.21. The van der Waals surface area contributed by atoms with Crippen LogP contribution >= 0.6 is 0 Å². The monoisotopic (exact) mass is 305 g/mol. The summed E-state index contributed by atoms with van der Waals surface area (Å²) in [5.41, 5.74) is 1.33. The number of pyridine rings is 1. The highest BCUT2D eigenvalue weighted by molar-refractivity contribution is 5.74. The number of hydrogen-bond donors (Lipinski definition) is 1. The fourth-order valence-corrected chi connectivity index (χ4v) is 2.75. The van der Waals surface area contributed by atoms with Crippen LogP contribution in [0.25, 0.3) is 0 Å². The van der Waals surface area contributed by atoms with E-state index < -0.39 is 0 Å². The summed E-state index contributed by atoms with van der Waals surface area (Å²) in [7, 11) is 0. The van der Waals surface area contributed by atoms with E-state index in [2.05, 4.69) is 22.4 Å². The summed E-state index contributed by atoms with van der Waals surface area (Å²) in [5, 5.41) is 2.98. The maximum Gasteiger partial charge on any atom is 0.317 e. The first kappa shape index (κ1) is 16.7. The summed E-state index contributed by atoms with van der Waals surface area (Å²) < 4.78 is 5.46. The van der Waals surface area contributed by atoms with Crippen molar-refractivity contribution in [1.29, 1.82) is 0 Å². The molecular formula is C17H27N3O2. The summed E-state index contributed by atoms with van der Waals surface area (Å²) in [6, 6.07) is 4.21. The van der Waals surface area contributed by atoms with Crippen LogP contribution in [0.15, 0.2) is 24.5 Å². The average Bonchev–Trinajstić information content (AvgIpc) is 2.55. The van der Waals surface area contributed by atoms with Crippen LogP contribution in [-0.2, 0) is 4.74 Å². The van der Waals surface area contributed by atoms with Crippen molar-refractivity contribution in [1.82, 2.24) is 15.2 Å². The number of likely N-dealkylation sites (tertiary alicyclic amines) is 1. The molecule has 1 fully saturated rings. The Bertz CT molecular complexity index is 442. The topological polar surface area (TPSA) is 54.5 Å². The minimum atomic E-state index is 0.0534. The maximum absolute atomic E-state index is 12.1. The lowest BCUT2D eigenvalue weighted by atomic mass is 9.90. The largest absolute Gasteiger partial charge is 0.379 e. The van der Waals surface area contributed by atoms with Crippen molar-refractivity contribution in [2.45, 2.75) is 45.1 Å². The van der Waals surface area contributed by atoms with Crippen LogP contribution in [0.1, 0.15) is 44.6 Å². The molecule has 0 aliphatic carbocycles. The number of carbonyl (C=O) groups excluding carboxylic acids is 1. The van der Waals surface area contributed by atoms with E-state index in [9.17, 15) is 4.79 Å². The van der Waals surface area contributed by atoms with E-state index in [1.165, 1.54) is 5.56 Å². The van der Waals surface area contributed by atoms with Gasteiger partial charge in [-0.3, -0.25) is 4.98 Å². The Hall–Kier alpha value is -1.62. The molecule has 0 bridgehead atoms. The summed E-state index contributed by atoms with van der Waals surface area (Å²) in [4.78, 5) is 18.1. The van der Waals surface area contributed by atoms with Gasteiger partial charge in [-0.25, -0.2) is 4.79 Å². The molecule has 22 heavy (non-hydrogen) atoms. The number of piperidine rings is 1. The van der Waals surface area contributed by atoms with Gasteiger partial charge in [-0.1, -0.05) is 0 Å². The molecular weight excluding hydrogens is 278 g/mol. The molecule has 1 aromatic heterocycles. The third-order valence-corrected chi connectivity index (χ3v) is 4.01. The third kappa shape index (κ3) is 5.30. The Morgan fingerprint density at radius 2 is 2.05 bits per heavy atom. The Morgan fingerprint density at radius 1 is 1.36 bits per heavy atom. The fourth-order valence-electron chi connectivity index (χ4n) is 2.75. The van der Waals surface area contributed by atoms with Crippen LogP contribution in [0.2, 0.25) is 0 Å². The summed E-state index contributed by atoms with van der Waals surface area (Å²) in [5.74, 6) is 0.548. The van der Waals surface area contributed by atoms with Crippen LogP contribution < -0.4 is 5.32 Å². The lowest BCUT2D eigenvalue weighted by Gasteiger charge is -2.32. The summed E-state index contributed by atoms with van der Waals surface area (Å²) in [6.45, 7) is 7.05. The molecule has 2 rings (SSSR count). The van der Waals surface area contributed by atoms with Crippen molar-refractivity contribution in [2.24, 2.45) is 0 Å². The Labute approximate surface area is 133 Å². The number of hydrogen-bond acceptors (Lipinski definition) is 3. The number of rotatable bonds is 6. The molecule has 1 aliphatic heterocycles. The van der Waals surface area contributed by atoms with Gasteiger partial charge in [0.25, 0.3) is 0 Å². The van der Waals surface area contributed by atoms with Crippen molar-refractivity contribution in [3.05, 3.63) is 30.1 Å². The zero-order valence-electron chi connectivity index (χ0n) is 13.6. The molecule has 1 aromatic rings. The second-order valence-electron chi connectivity index (χ2n) is 6.05. The highest BCUT2D eigenvalue weighted by Gasteiger charge is 2.23. The Morgan fingerprint density at radius 3 is 2.68 bits per heavy atom. The first-order valence-corrected chi connectivity index (χ1v) is 8.21. The van der Waals surface area contributed by atoms with E-state index in [-0.39, 0.29) is 12.1 Å². The predicted molar refractivity (Wildman–Crippen MR) is 86.9 cm³/mol. The standard InChI is InChI=1S/C17H27N3O2/c1-14(2)22-13-3-8-19-17(21)20-11-6-16(7-12-20)15-4-9-18-10-5-15/h4-5,9-10,14,16H,3,6-8,11-13H2,1-2H3,(H,19,21). The van der Waals surface area contributed by atoms with Crippen LogP contribution in [-0.4, -0.2) is 48.3 Å². The van der Waals surface area contributed by atoms with Gasteiger partial charge in [0.2, 0.25) is 0 Å². The van der Waals surface area contributed by atoms with Gasteiger partial charge < -0.3 is 15.0 Å². The number of nitrogens with zero attached hydrogens (tertiary/aromatic N) is 2. The van der Waals surface area contributed by atoms with Gasteiger partial charge in [0.15, 0.2) is 0 Å². The molecule has 1 aliphatic rings. The third-order valence-electron chi connectivity index (χ3n) is 4.01. The Kier molecular flexibility index (Phi) is 6.65. The predicted octanol–water partition coefficient (Wildman–Crippen LogP) is 2.79. The fraction of sp³-hybridized carbons (Fsp3) is 0.647. The average molecular weight is 305 g/mol. The lowest BCUT2D eigenvalue weighted by Crippen LogP contribution is -2.44. The van der Waals surface area contributed by atoms with Gasteiger partial charge in [-0.05, 0) is 56.7 Å². The zero-order chi connectivity index (χ0) is 15.8. The molecule has 1 N–H and O–H groups in total. The SMILES string of the molecule is CC(C)OCCCNC(=O)N1CCC(c2ccncc2)CC1. The Balaban J connectivity index is 1.65. The number of urea groups is 1. The molecule has 2 amide bonds. The molecule has 5 heteroatoms. The molecule has 1 saturated heterocycles. The number of nitrogens with one attached hydrogen (secondary N) is 1. The van der Waals surface area contributed by atoms with Crippen LogP contribution in [0.4, 0.5) is 4.79 Å². The van der Waals surface area contributed by atoms with Crippen LogP contribution in [0, 0.1) is 0 Å². The molecule has 0 atom stereocenters. The molecule has 0 aromatic carbocycles. The van der Waals surface area contributed by atoms with E-state index in [0.717, 1.165) is 32.4 Å². The van der Waals surface area contributed by atoms with Gasteiger partial charge in [-0.2, -0.15) is 0 Å². The van der Waals surface area contributed by atoms with Crippen molar-refractivity contribution in [2.75, 3.05) is 26.2 Å². The quantitative estimate of drug-likeness (QED) is 0.822. The van der Waals surface area contributed by atoms with E-state index in [1.807, 2.05) is 31.1 Å². The van der Waals surface area contributed by atoms with Crippen molar-refractivity contribution in [3.8, 4) is 0 Å². The van der Waals surface area contributed by atoms with Crippen molar-refractivity contribution >= 4 is 6.03 Å². The van der Waals surface area contributed by atoms with Gasteiger partial charge >= 0.3 is 6.03 Å². The maximum atomic E-state index is 12.1. The second kappa shape index (κ2) is 8.73. The van der Waals surface area contributed by atoms with E-state index in [1.54, 1.807) is 0 Å². The van der Waals surface area contributed by atoms with Gasteiger partial charge in [0.05, 0.1) is 6.10 Å². The molecule has 0 radical (unpaired) electrons. The highest BCUT2D eigenvalue weighted by atomic mass is 16.5. The minimum absolute atomic E-state index is 0.0534. The van der Waals surface area contributed by atoms with E-state index in [0.29, 0.717) is 19.1 Å². The minimum Gasteiger partial charge on any atom is -0.379 e. The highest BCUT2D eigenvalue weighted by Crippen LogP contribution is 2.27. The normalized spacial score (nSPS) is 16.0. The zero-order valence-corrected chi connectivity index (χ0v) is 13.6. The summed E-state index contributed by atoms with van der Waals surface area (Å²) in [6.07, 6.45) is 6.84. The number of carbonyl (C=O) groups is 1. The van der Waals surface area contributed by atoms with Crippen molar-refractivity contribution < 1.29 is 9.53 Å². The second-order valence-corrected chi connectivity index (χ2v) is 6.05.